The van der Waals surface area contributed by atoms with Gasteiger partial charge >= 0.3 is 0 Å². The Balaban J connectivity index is 1.79. The first-order valence-corrected chi connectivity index (χ1v) is 6.64. The summed E-state index contributed by atoms with van der Waals surface area (Å²) in [4.78, 5) is 8.57. The maximum Gasteiger partial charge on any atom is 0.216 e. The van der Waals surface area contributed by atoms with E-state index < -0.39 is 0 Å². The summed E-state index contributed by atoms with van der Waals surface area (Å²) in [5.74, 6) is 2.95. The third-order valence-electron chi connectivity index (χ3n) is 2.57. The number of nitrogens with one attached hydrogen (secondary N) is 2. The Bertz CT molecular complexity index is 543. The Kier molecular flexibility index (Phi) is 4.75. The van der Waals surface area contributed by atoms with Crippen molar-refractivity contribution < 1.29 is 4.42 Å². The van der Waals surface area contributed by atoms with E-state index in [2.05, 4.69) is 39.3 Å². The quantitative estimate of drug-likeness (QED) is 0.542. The van der Waals surface area contributed by atoms with E-state index in [-0.39, 0.29) is 0 Å². The topological polar surface area (TPSA) is 105 Å². The highest BCUT2D eigenvalue weighted by molar-refractivity contribution is 5.77. The first kappa shape index (κ1) is 14.1. The van der Waals surface area contributed by atoms with Crippen molar-refractivity contribution in [2.45, 2.75) is 20.3 Å². The molecule has 7 heteroatoms. The third kappa shape index (κ3) is 4.11. The van der Waals surface area contributed by atoms with Gasteiger partial charge < -0.3 is 15.5 Å². The fraction of sp³-hybridized carbons (Fsp3) is 0.462. The zero-order valence-electron chi connectivity index (χ0n) is 11.8. The Morgan fingerprint density at radius 3 is 3.10 bits per heavy atom. The summed E-state index contributed by atoms with van der Waals surface area (Å²) in [6.07, 6.45) is 2.28. The molecule has 0 bridgehead atoms. The minimum Gasteiger partial charge on any atom is -0.461 e. The molecule has 0 saturated carbocycles. The normalized spacial score (nSPS) is 12.1. The minimum absolute atomic E-state index is 0.462. The molecule has 0 radical (unpaired) electrons. The second-order valence-corrected chi connectivity index (χ2v) is 4.88. The molecule has 0 fully saturated rings. The van der Waals surface area contributed by atoms with Crippen LogP contribution in [0.1, 0.15) is 19.7 Å². The van der Waals surface area contributed by atoms with E-state index >= 15 is 0 Å². The number of rotatable bonds is 6. The molecule has 2 rings (SSSR count). The second-order valence-electron chi connectivity index (χ2n) is 4.88. The summed E-state index contributed by atoms with van der Waals surface area (Å²) >= 11 is 0. The second kappa shape index (κ2) is 6.74. The van der Waals surface area contributed by atoms with E-state index in [0.29, 0.717) is 36.4 Å². The Morgan fingerprint density at radius 1 is 1.55 bits per heavy atom. The smallest absolute Gasteiger partial charge is 0.216 e. The molecule has 0 saturated heterocycles. The van der Waals surface area contributed by atoms with Crippen LogP contribution in [0.3, 0.4) is 0 Å². The van der Waals surface area contributed by atoms with Gasteiger partial charge in [-0.05, 0) is 18.1 Å². The van der Waals surface area contributed by atoms with Crippen LogP contribution in [-0.2, 0) is 6.42 Å². The van der Waals surface area contributed by atoms with Crippen LogP contribution >= 0.6 is 0 Å². The van der Waals surface area contributed by atoms with E-state index in [9.17, 15) is 0 Å². The summed E-state index contributed by atoms with van der Waals surface area (Å²) in [6.45, 7) is 5.58. The molecule has 0 aromatic carbocycles. The van der Waals surface area contributed by atoms with Gasteiger partial charge in [0.15, 0.2) is 11.7 Å². The molecular weight excluding hydrogens is 256 g/mol. The van der Waals surface area contributed by atoms with Gasteiger partial charge in [-0.3, -0.25) is 10.1 Å². The predicted molar refractivity (Wildman–Crippen MR) is 77.1 cm³/mol. The number of aromatic nitrogens is 3. The van der Waals surface area contributed by atoms with Crippen LogP contribution in [0, 0.1) is 5.92 Å². The molecule has 0 atom stereocenters. The largest absolute Gasteiger partial charge is 0.461 e. The first-order valence-electron chi connectivity index (χ1n) is 6.64. The van der Waals surface area contributed by atoms with Gasteiger partial charge in [-0.25, -0.2) is 4.98 Å². The number of hydrogen-bond acceptors (Lipinski definition) is 4. The maximum absolute atomic E-state index is 5.75. The summed E-state index contributed by atoms with van der Waals surface area (Å²) in [6, 6.07) is 3.63. The van der Waals surface area contributed by atoms with Crippen LogP contribution in [0.5, 0.6) is 0 Å². The van der Waals surface area contributed by atoms with Crippen molar-refractivity contribution >= 4 is 5.96 Å². The molecule has 2 aromatic heterocycles. The van der Waals surface area contributed by atoms with Crippen molar-refractivity contribution in [2.24, 2.45) is 16.6 Å². The molecule has 7 nitrogen and oxygen atoms in total. The van der Waals surface area contributed by atoms with Gasteiger partial charge in [-0.1, -0.05) is 13.8 Å². The fourth-order valence-electron chi connectivity index (χ4n) is 1.57. The average Bonchev–Trinajstić information content (AvgIpc) is 3.06. The minimum atomic E-state index is 0.462. The molecule has 2 heterocycles. The van der Waals surface area contributed by atoms with Gasteiger partial charge in [0.05, 0.1) is 6.26 Å². The molecule has 0 aliphatic carbocycles. The van der Waals surface area contributed by atoms with Gasteiger partial charge in [-0.15, -0.1) is 0 Å². The summed E-state index contributed by atoms with van der Waals surface area (Å²) < 4.78 is 5.23. The number of aromatic amines is 1. The average molecular weight is 276 g/mol. The Hall–Kier alpha value is -2.31. The third-order valence-corrected chi connectivity index (χ3v) is 2.57. The zero-order valence-corrected chi connectivity index (χ0v) is 11.8. The molecule has 0 aliphatic rings. The molecule has 0 aliphatic heterocycles. The van der Waals surface area contributed by atoms with Crippen LogP contribution < -0.4 is 11.1 Å². The molecule has 108 valence electrons. The van der Waals surface area contributed by atoms with Crippen LogP contribution in [-0.4, -0.2) is 34.2 Å². The lowest BCUT2D eigenvalue weighted by Gasteiger charge is -2.05. The summed E-state index contributed by atoms with van der Waals surface area (Å²) in [7, 11) is 0. The van der Waals surface area contributed by atoms with Gasteiger partial charge in [0.2, 0.25) is 5.82 Å². The number of guanidine groups is 1. The molecule has 0 unspecified atom stereocenters. The number of nitrogens with two attached hydrogens (primary N) is 1. The van der Waals surface area contributed by atoms with Gasteiger partial charge in [0, 0.05) is 19.5 Å². The van der Waals surface area contributed by atoms with Crippen LogP contribution in [0.4, 0.5) is 0 Å². The Labute approximate surface area is 117 Å². The summed E-state index contributed by atoms with van der Waals surface area (Å²) in [5.41, 5.74) is 5.75. The highest BCUT2D eigenvalue weighted by Crippen LogP contribution is 2.14. The van der Waals surface area contributed by atoms with E-state index in [4.69, 9.17) is 10.2 Å². The van der Waals surface area contributed by atoms with Crippen molar-refractivity contribution in [3.8, 4) is 11.6 Å². The molecule has 2 aromatic rings. The number of hydrogen-bond donors (Lipinski definition) is 3. The van der Waals surface area contributed by atoms with Crippen molar-refractivity contribution in [1.82, 2.24) is 20.5 Å². The highest BCUT2D eigenvalue weighted by Gasteiger charge is 2.07. The molecule has 20 heavy (non-hydrogen) atoms. The van der Waals surface area contributed by atoms with Gasteiger partial charge in [-0.2, -0.15) is 5.10 Å². The van der Waals surface area contributed by atoms with Crippen LogP contribution in [0.2, 0.25) is 0 Å². The molecule has 0 amide bonds. The SMILES string of the molecule is CC(C)CN=C(N)NCCc1nc(-c2ccco2)n[nH]1. The van der Waals surface area contributed by atoms with Crippen molar-refractivity contribution in [3.05, 3.63) is 24.2 Å². The Morgan fingerprint density at radius 2 is 2.40 bits per heavy atom. The number of H-pyrrole nitrogens is 1. The number of aliphatic imine (C=N–C) groups is 1. The van der Waals surface area contributed by atoms with E-state index in [1.807, 2.05) is 6.07 Å². The monoisotopic (exact) mass is 276 g/mol. The number of furan rings is 1. The van der Waals surface area contributed by atoms with Crippen molar-refractivity contribution in [3.63, 3.8) is 0 Å². The zero-order chi connectivity index (χ0) is 14.4. The highest BCUT2D eigenvalue weighted by atomic mass is 16.3. The molecule has 4 N–H and O–H groups in total. The maximum atomic E-state index is 5.75. The van der Waals surface area contributed by atoms with Gasteiger partial charge in [0.25, 0.3) is 0 Å². The lowest BCUT2D eigenvalue weighted by molar-refractivity contribution is 0.577. The fourth-order valence-corrected chi connectivity index (χ4v) is 1.57. The first-order chi connectivity index (χ1) is 9.65. The number of nitrogens with zero attached hydrogens (tertiary/aromatic N) is 3. The van der Waals surface area contributed by atoms with Crippen LogP contribution in [0.25, 0.3) is 11.6 Å². The standard InChI is InChI=1S/C13H20N6O/c1-9(2)8-16-13(14)15-6-5-11-17-12(19-18-11)10-4-3-7-20-10/h3-4,7,9H,5-6,8H2,1-2H3,(H3,14,15,16)(H,17,18,19). The van der Waals surface area contributed by atoms with E-state index in [1.54, 1.807) is 12.3 Å². The predicted octanol–water partition coefficient (Wildman–Crippen LogP) is 1.17. The summed E-state index contributed by atoms with van der Waals surface area (Å²) in [5, 5.41) is 10.0. The van der Waals surface area contributed by atoms with Gasteiger partial charge in [0.1, 0.15) is 5.82 Å². The van der Waals surface area contributed by atoms with Crippen molar-refractivity contribution in [2.75, 3.05) is 13.1 Å². The molecule has 0 spiro atoms. The molecular formula is C13H20N6O. The van der Waals surface area contributed by atoms with Crippen LogP contribution in [0.15, 0.2) is 27.8 Å². The van der Waals surface area contributed by atoms with E-state index in [1.165, 1.54) is 0 Å². The lowest BCUT2D eigenvalue weighted by Crippen LogP contribution is -2.33. The lowest BCUT2D eigenvalue weighted by atomic mass is 10.2. The van der Waals surface area contributed by atoms with Crippen molar-refractivity contribution in [1.29, 1.82) is 0 Å². The van der Waals surface area contributed by atoms with E-state index in [0.717, 1.165) is 12.4 Å².